The van der Waals surface area contributed by atoms with Gasteiger partial charge in [0, 0.05) is 23.4 Å². The Balaban J connectivity index is 2.21. The van der Waals surface area contributed by atoms with Gasteiger partial charge in [-0.25, -0.2) is 0 Å². The highest BCUT2D eigenvalue weighted by Crippen LogP contribution is 2.32. The molecule has 0 saturated heterocycles. The van der Waals surface area contributed by atoms with E-state index in [9.17, 15) is 14.9 Å². The molecule has 1 atom stereocenters. The summed E-state index contributed by atoms with van der Waals surface area (Å²) in [4.78, 5) is 22.6. The molecule has 9 heteroatoms. The van der Waals surface area contributed by atoms with Crippen LogP contribution in [0.5, 0.6) is 0 Å². The van der Waals surface area contributed by atoms with E-state index in [1.54, 1.807) is 0 Å². The smallest absolute Gasteiger partial charge is 0.269 e. The van der Waals surface area contributed by atoms with Crippen molar-refractivity contribution in [1.82, 2.24) is 5.32 Å². The number of halogens is 3. The predicted molar refractivity (Wildman–Crippen MR) is 104 cm³/mol. The third-order valence-electron chi connectivity index (χ3n) is 3.64. The molecule has 0 heterocycles. The molecular weight excluding hydrogens is 401 g/mol. The number of nitrogens with one attached hydrogen (secondary N) is 2. The third-order valence-corrected chi connectivity index (χ3v) is 4.29. The summed E-state index contributed by atoms with van der Waals surface area (Å²) in [5, 5.41) is 16.3. The zero-order chi connectivity index (χ0) is 19.5. The molecule has 0 aliphatic rings. The Bertz CT molecular complexity index is 820. The van der Waals surface area contributed by atoms with Crippen LogP contribution in [0, 0.1) is 24.0 Å². The fraction of sp³-hybridized carbons (Fsp3) is 0.235. The molecule has 0 fully saturated rings. The molecule has 138 valence electrons. The van der Waals surface area contributed by atoms with Crippen molar-refractivity contribution in [2.45, 2.75) is 23.8 Å². The maximum absolute atomic E-state index is 12.4. The minimum atomic E-state index is -1.83. The normalized spacial score (nSPS) is 12.3. The number of nitro groups is 1. The van der Waals surface area contributed by atoms with E-state index in [2.05, 4.69) is 10.6 Å². The van der Waals surface area contributed by atoms with Crippen LogP contribution in [0.4, 0.5) is 11.4 Å². The van der Waals surface area contributed by atoms with E-state index in [4.69, 9.17) is 34.8 Å². The number of alkyl halides is 3. The minimum Gasteiger partial charge on any atom is -0.362 e. The Labute approximate surface area is 165 Å². The first-order chi connectivity index (χ1) is 12.1. The van der Waals surface area contributed by atoms with Gasteiger partial charge in [0.05, 0.1) is 4.92 Å². The lowest BCUT2D eigenvalue weighted by Crippen LogP contribution is -2.49. The van der Waals surface area contributed by atoms with Crippen molar-refractivity contribution < 1.29 is 9.72 Å². The van der Waals surface area contributed by atoms with Crippen molar-refractivity contribution in [3.8, 4) is 0 Å². The van der Waals surface area contributed by atoms with Gasteiger partial charge in [-0.2, -0.15) is 0 Å². The second-order valence-corrected chi connectivity index (χ2v) is 8.08. The number of anilines is 1. The van der Waals surface area contributed by atoms with Crippen molar-refractivity contribution in [2.24, 2.45) is 0 Å². The molecule has 26 heavy (non-hydrogen) atoms. The van der Waals surface area contributed by atoms with E-state index in [1.807, 2.05) is 32.0 Å². The van der Waals surface area contributed by atoms with Gasteiger partial charge >= 0.3 is 0 Å². The molecule has 0 aromatic heterocycles. The Morgan fingerprint density at radius 3 is 2.27 bits per heavy atom. The highest BCUT2D eigenvalue weighted by Gasteiger charge is 2.34. The second-order valence-electron chi connectivity index (χ2n) is 5.71. The zero-order valence-corrected chi connectivity index (χ0v) is 16.2. The average molecular weight is 417 g/mol. The molecule has 2 aromatic rings. The maximum atomic E-state index is 12.4. The predicted octanol–water partition coefficient (Wildman–Crippen LogP) is 4.75. The quantitative estimate of drug-likeness (QED) is 0.319. The number of non-ortho nitro benzene ring substituents is 1. The van der Waals surface area contributed by atoms with Gasteiger partial charge in [0.1, 0.15) is 6.17 Å². The molecule has 2 rings (SSSR count). The van der Waals surface area contributed by atoms with E-state index in [0.717, 1.165) is 11.1 Å². The lowest BCUT2D eigenvalue weighted by Gasteiger charge is -2.28. The van der Waals surface area contributed by atoms with Crippen LogP contribution < -0.4 is 10.6 Å². The van der Waals surface area contributed by atoms with E-state index in [-0.39, 0.29) is 11.3 Å². The lowest BCUT2D eigenvalue weighted by molar-refractivity contribution is -0.384. The molecule has 2 aromatic carbocycles. The van der Waals surface area contributed by atoms with Crippen LogP contribution in [0.2, 0.25) is 0 Å². The van der Waals surface area contributed by atoms with Crippen LogP contribution >= 0.6 is 34.8 Å². The number of carbonyl (C=O) groups is 1. The fourth-order valence-corrected chi connectivity index (χ4v) is 2.52. The highest BCUT2D eigenvalue weighted by atomic mass is 35.6. The van der Waals surface area contributed by atoms with Crippen LogP contribution in [0.1, 0.15) is 21.5 Å². The summed E-state index contributed by atoms with van der Waals surface area (Å²) in [7, 11) is 0. The molecule has 0 aliphatic carbocycles. The van der Waals surface area contributed by atoms with Gasteiger partial charge in [-0.15, -0.1) is 0 Å². The van der Waals surface area contributed by atoms with Crippen molar-refractivity contribution in [3.05, 3.63) is 69.3 Å². The number of carbonyl (C=O) groups excluding carboxylic acids is 1. The molecule has 0 bridgehead atoms. The highest BCUT2D eigenvalue weighted by molar-refractivity contribution is 6.68. The molecule has 6 nitrogen and oxygen atoms in total. The zero-order valence-electron chi connectivity index (χ0n) is 13.9. The molecular formula is C17H16Cl3N3O3. The molecule has 2 N–H and O–H groups in total. The average Bonchev–Trinajstić information content (AvgIpc) is 2.56. The Morgan fingerprint density at radius 2 is 1.73 bits per heavy atom. The molecule has 0 spiro atoms. The number of benzene rings is 2. The Hall–Kier alpha value is -2.02. The van der Waals surface area contributed by atoms with Crippen LogP contribution in [-0.2, 0) is 0 Å². The van der Waals surface area contributed by atoms with E-state index >= 15 is 0 Å². The molecule has 0 aliphatic heterocycles. The summed E-state index contributed by atoms with van der Waals surface area (Å²) in [5.41, 5.74) is 2.72. The van der Waals surface area contributed by atoms with E-state index < -0.39 is 20.8 Å². The largest absolute Gasteiger partial charge is 0.362 e. The van der Waals surface area contributed by atoms with Gasteiger partial charge < -0.3 is 10.6 Å². The van der Waals surface area contributed by atoms with Crippen LogP contribution in [0.3, 0.4) is 0 Å². The first-order valence-corrected chi connectivity index (χ1v) is 8.67. The summed E-state index contributed by atoms with van der Waals surface area (Å²) < 4.78 is -1.83. The first-order valence-electron chi connectivity index (χ1n) is 7.54. The summed E-state index contributed by atoms with van der Waals surface area (Å²) in [6, 6.07) is 10.9. The lowest BCUT2D eigenvalue weighted by atomic mass is 10.1. The van der Waals surface area contributed by atoms with Gasteiger partial charge in [-0.3, -0.25) is 14.9 Å². The van der Waals surface area contributed by atoms with Gasteiger partial charge in [0.15, 0.2) is 0 Å². The SMILES string of the molecule is Cc1ccc(C)c(N[C@@H](NC(=O)c2ccc([N+](=O)[O-])cc2)C(Cl)(Cl)Cl)c1. The summed E-state index contributed by atoms with van der Waals surface area (Å²) in [6.45, 7) is 3.81. The number of hydrogen-bond donors (Lipinski definition) is 2. The van der Waals surface area contributed by atoms with Gasteiger partial charge in [0.25, 0.3) is 11.6 Å². The number of aryl methyl sites for hydroxylation is 2. The van der Waals surface area contributed by atoms with Crippen LogP contribution in [0.15, 0.2) is 42.5 Å². The van der Waals surface area contributed by atoms with Gasteiger partial charge in [-0.1, -0.05) is 46.9 Å². The first kappa shape index (κ1) is 20.3. The van der Waals surface area contributed by atoms with Crippen molar-refractivity contribution >= 4 is 52.1 Å². The number of hydrogen-bond acceptors (Lipinski definition) is 4. The molecule has 1 amide bonds. The summed E-state index contributed by atoms with van der Waals surface area (Å²) >= 11 is 18.0. The fourth-order valence-electron chi connectivity index (χ4n) is 2.20. The number of nitrogens with zero attached hydrogens (tertiary/aromatic N) is 1. The van der Waals surface area contributed by atoms with Crippen LogP contribution in [-0.4, -0.2) is 20.8 Å². The third kappa shape index (κ3) is 5.24. The molecule has 0 radical (unpaired) electrons. The summed E-state index contributed by atoms with van der Waals surface area (Å²) in [5.74, 6) is -0.533. The monoisotopic (exact) mass is 415 g/mol. The Kier molecular flexibility index (Phi) is 6.34. The molecule has 0 saturated carbocycles. The Morgan fingerprint density at radius 1 is 1.12 bits per heavy atom. The molecule has 0 unspecified atom stereocenters. The van der Waals surface area contributed by atoms with Crippen molar-refractivity contribution in [2.75, 3.05) is 5.32 Å². The van der Waals surface area contributed by atoms with Gasteiger partial charge in [0.2, 0.25) is 3.79 Å². The van der Waals surface area contributed by atoms with Crippen molar-refractivity contribution in [1.29, 1.82) is 0 Å². The number of amides is 1. The number of rotatable bonds is 5. The summed E-state index contributed by atoms with van der Waals surface area (Å²) in [6.07, 6.45) is -1.02. The van der Waals surface area contributed by atoms with Crippen molar-refractivity contribution in [3.63, 3.8) is 0 Å². The standard InChI is InChI=1S/C17H16Cl3N3O3/c1-10-3-4-11(2)14(9-10)21-16(17(18,19)20)22-15(24)12-5-7-13(8-6-12)23(25)26/h3-9,16,21H,1-2H3,(H,22,24)/t16-/m0/s1. The number of nitro benzene ring substituents is 1. The van der Waals surface area contributed by atoms with Crippen LogP contribution in [0.25, 0.3) is 0 Å². The minimum absolute atomic E-state index is 0.118. The van der Waals surface area contributed by atoms with Gasteiger partial charge in [-0.05, 0) is 43.2 Å². The van der Waals surface area contributed by atoms with E-state index in [1.165, 1.54) is 24.3 Å². The van der Waals surface area contributed by atoms with E-state index in [0.29, 0.717) is 5.69 Å². The second kappa shape index (κ2) is 8.12. The topological polar surface area (TPSA) is 84.3 Å². The maximum Gasteiger partial charge on any atom is 0.269 e.